The molecule has 3 aromatic rings. The van der Waals surface area contributed by atoms with Crippen LogP contribution in [0.1, 0.15) is 39.2 Å². The van der Waals surface area contributed by atoms with Gasteiger partial charge in [-0.05, 0) is 54.1 Å². The van der Waals surface area contributed by atoms with Crippen LogP contribution in [0.2, 0.25) is 0 Å². The van der Waals surface area contributed by atoms with Crippen LogP contribution in [0.25, 0.3) is 0 Å². The highest BCUT2D eigenvalue weighted by Gasteiger charge is 2.19. The van der Waals surface area contributed by atoms with E-state index < -0.39 is 21.7 Å². The molecule has 0 atom stereocenters. The topological polar surface area (TPSA) is 116 Å². The van der Waals surface area contributed by atoms with Gasteiger partial charge in [0.15, 0.2) is 0 Å². The molecule has 0 radical (unpaired) electrons. The molecule has 0 spiro atoms. The Kier molecular flexibility index (Phi) is 7.76. The average molecular weight is 468 g/mol. The van der Waals surface area contributed by atoms with Gasteiger partial charge in [-0.3, -0.25) is 9.59 Å². The van der Waals surface area contributed by atoms with Crippen LogP contribution in [0.4, 0.5) is 5.69 Å². The molecule has 32 heavy (non-hydrogen) atoms. The molecule has 2 amide bonds. The minimum atomic E-state index is -4.02. The van der Waals surface area contributed by atoms with Crippen molar-refractivity contribution in [1.82, 2.24) is 4.72 Å². The second-order valence-electron chi connectivity index (χ2n) is 7.02. The molecule has 1 heterocycles. The summed E-state index contributed by atoms with van der Waals surface area (Å²) in [6.45, 7) is 0. The Morgan fingerprint density at radius 1 is 1.03 bits per heavy atom. The molecule has 0 bridgehead atoms. The summed E-state index contributed by atoms with van der Waals surface area (Å²) in [4.78, 5) is 25.9. The van der Waals surface area contributed by atoms with Gasteiger partial charge in [0.2, 0.25) is 15.9 Å². The number of benzene rings is 2. The number of sulfonamides is 1. The van der Waals surface area contributed by atoms with Gasteiger partial charge in [-0.25, -0.2) is 13.1 Å². The largest absolute Gasteiger partial charge is 0.326 e. The number of anilines is 1. The molecular formula is C23H21N3O4S2. The number of nitriles is 1. The fraction of sp³-hybridized carbons (Fsp3) is 0.174. The summed E-state index contributed by atoms with van der Waals surface area (Å²) in [5.41, 5.74) is 1.04. The zero-order valence-corrected chi connectivity index (χ0v) is 18.7. The van der Waals surface area contributed by atoms with Crippen LogP contribution in [0.5, 0.6) is 0 Å². The number of carbonyl (C=O) groups excluding carboxylic acids is 2. The number of hydrogen-bond acceptors (Lipinski definition) is 6. The molecule has 0 saturated heterocycles. The Morgan fingerprint density at radius 3 is 2.59 bits per heavy atom. The minimum absolute atomic E-state index is 0.0959. The summed E-state index contributed by atoms with van der Waals surface area (Å²) in [6.07, 6.45) is 1.86. The Bertz CT molecular complexity index is 1250. The summed E-state index contributed by atoms with van der Waals surface area (Å²) in [7, 11) is -4.02. The number of nitrogens with one attached hydrogen (secondary N) is 2. The molecule has 9 heteroatoms. The predicted molar refractivity (Wildman–Crippen MR) is 124 cm³/mol. The first-order chi connectivity index (χ1) is 15.4. The lowest BCUT2D eigenvalue weighted by atomic mass is 10.1. The standard InChI is InChI=1S/C23H21N3O4S2/c24-15-18-6-1-2-7-19(18)16-32(29,30)26-23(28)17-8-3-9-20(14-17)25-22(27)12-4-10-21-11-5-13-31-21/h1-3,5-9,11,13-14H,4,10,12,16H2,(H,25,27)(H,26,28). The zero-order valence-electron chi connectivity index (χ0n) is 17.1. The van der Waals surface area contributed by atoms with Crippen LogP contribution in [0.15, 0.2) is 66.0 Å². The molecule has 2 aromatic carbocycles. The third kappa shape index (κ3) is 6.77. The van der Waals surface area contributed by atoms with Gasteiger partial charge in [0.25, 0.3) is 5.91 Å². The van der Waals surface area contributed by atoms with Crippen molar-refractivity contribution in [3.63, 3.8) is 0 Å². The number of thiophene rings is 1. The van der Waals surface area contributed by atoms with Crippen molar-refractivity contribution < 1.29 is 18.0 Å². The van der Waals surface area contributed by atoms with Gasteiger partial charge in [-0.1, -0.05) is 30.3 Å². The van der Waals surface area contributed by atoms with Crippen molar-refractivity contribution in [2.45, 2.75) is 25.0 Å². The van der Waals surface area contributed by atoms with E-state index >= 15 is 0 Å². The highest BCUT2D eigenvalue weighted by Crippen LogP contribution is 2.15. The van der Waals surface area contributed by atoms with Crippen molar-refractivity contribution in [2.75, 3.05) is 5.32 Å². The van der Waals surface area contributed by atoms with Gasteiger partial charge < -0.3 is 5.32 Å². The minimum Gasteiger partial charge on any atom is -0.326 e. The number of amides is 2. The smallest absolute Gasteiger partial charge is 0.264 e. The van der Waals surface area contributed by atoms with E-state index in [4.69, 9.17) is 5.26 Å². The van der Waals surface area contributed by atoms with E-state index in [1.165, 1.54) is 29.1 Å². The van der Waals surface area contributed by atoms with Gasteiger partial charge in [0.1, 0.15) is 0 Å². The molecule has 7 nitrogen and oxygen atoms in total. The molecule has 0 aliphatic heterocycles. The molecule has 2 N–H and O–H groups in total. The number of aryl methyl sites for hydroxylation is 1. The summed E-state index contributed by atoms with van der Waals surface area (Å²) in [5, 5.41) is 13.8. The molecule has 0 unspecified atom stereocenters. The third-order valence-electron chi connectivity index (χ3n) is 4.55. The fourth-order valence-corrected chi connectivity index (χ4v) is 4.92. The molecule has 0 saturated carbocycles. The van der Waals surface area contributed by atoms with Crippen molar-refractivity contribution in [3.8, 4) is 6.07 Å². The molecule has 1 aromatic heterocycles. The van der Waals surface area contributed by atoms with E-state index in [-0.39, 0.29) is 17.0 Å². The van der Waals surface area contributed by atoms with Crippen LogP contribution < -0.4 is 10.0 Å². The van der Waals surface area contributed by atoms with Crippen LogP contribution >= 0.6 is 11.3 Å². The van der Waals surface area contributed by atoms with E-state index in [0.717, 1.165) is 6.42 Å². The van der Waals surface area contributed by atoms with Gasteiger partial charge in [-0.2, -0.15) is 5.26 Å². The first-order valence-electron chi connectivity index (χ1n) is 9.81. The first kappa shape index (κ1) is 23.2. The van der Waals surface area contributed by atoms with E-state index in [2.05, 4.69) is 5.32 Å². The summed E-state index contributed by atoms with van der Waals surface area (Å²) < 4.78 is 26.9. The van der Waals surface area contributed by atoms with Crippen LogP contribution in [0.3, 0.4) is 0 Å². The van der Waals surface area contributed by atoms with Crippen molar-refractivity contribution in [1.29, 1.82) is 5.26 Å². The van der Waals surface area contributed by atoms with Crippen molar-refractivity contribution >= 4 is 38.9 Å². The Hall–Kier alpha value is -3.48. The van der Waals surface area contributed by atoms with Crippen molar-refractivity contribution in [3.05, 3.63) is 87.6 Å². The number of nitrogens with zero attached hydrogens (tertiary/aromatic N) is 1. The third-order valence-corrected chi connectivity index (χ3v) is 6.67. The van der Waals surface area contributed by atoms with E-state index in [1.54, 1.807) is 35.6 Å². The Morgan fingerprint density at radius 2 is 1.84 bits per heavy atom. The molecule has 0 aliphatic rings. The number of rotatable bonds is 9. The van der Waals surface area contributed by atoms with Gasteiger partial charge in [0.05, 0.1) is 17.4 Å². The fourth-order valence-electron chi connectivity index (χ4n) is 3.04. The predicted octanol–water partition coefficient (Wildman–Crippen LogP) is 3.84. The number of hydrogen-bond donors (Lipinski definition) is 2. The maximum absolute atomic E-state index is 12.5. The summed E-state index contributed by atoms with van der Waals surface area (Å²) >= 11 is 1.65. The van der Waals surface area contributed by atoms with Gasteiger partial charge in [0, 0.05) is 22.5 Å². The van der Waals surface area contributed by atoms with E-state index in [9.17, 15) is 18.0 Å². The van der Waals surface area contributed by atoms with Crippen LogP contribution in [-0.4, -0.2) is 20.2 Å². The Labute approximate surface area is 190 Å². The Balaban J connectivity index is 1.58. The second-order valence-corrected chi connectivity index (χ2v) is 9.78. The maximum Gasteiger partial charge on any atom is 0.264 e. The molecule has 0 fully saturated rings. The lowest BCUT2D eigenvalue weighted by Crippen LogP contribution is -2.31. The lowest BCUT2D eigenvalue weighted by molar-refractivity contribution is -0.116. The summed E-state index contributed by atoms with van der Waals surface area (Å²) in [5.74, 6) is -1.49. The van der Waals surface area contributed by atoms with Crippen molar-refractivity contribution in [2.24, 2.45) is 0 Å². The molecule has 3 rings (SSSR count). The van der Waals surface area contributed by atoms with Gasteiger partial charge in [-0.15, -0.1) is 11.3 Å². The normalized spacial score (nSPS) is 10.8. The van der Waals surface area contributed by atoms with Crippen LogP contribution in [-0.2, 0) is 27.0 Å². The van der Waals surface area contributed by atoms with Crippen LogP contribution in [0, 0.1) is 11.3 Å². The molecule has 0 aliphatic carbocycles. The second kappa shape index (κ2) is 10.7. The quantitative estimate of drug-likeness (QED) is 0.496. The van der Waals surface area contributed by atoms with Gasteiger partial charge >= 0.3 is 0 Å². The molecular weight excluding hydrogens is 446 g/mol. The lowest BCUT2D eigenvalue weighted by Gasteiger charge is -2.10. The molecule has 164 valence electrons. The average Bonchev–Trinajstić information content (AvgIpc) is 3.27. The number of carbonyl (C=O) groups is 2. The zero-order chi connectivity index (χ0) is 23.0. The highest BCUT2D eigenvalue weighted by molar-refractivity contribution is 7.89. The van der Waals surface area contributed by atoms with E-state index in [0.29, 0.717) is 24.1 Å². The first-order valence-corrected chi connectivity index (χ1v) is 12.3. The summed E-state index contributed by atoms with van der Waals surface area (Å²) in [6, 6.07) is 18.3. The monoisotopic (exact) mass is 467 g/mol. The SMILES string of the molecule is N#Cc1ccccc1CS(=O)(=O)NC(=O)c1cccc(NC(=O)CCCc2cccs2)c1. The van der Waals surface area contributed by atoms with E-state index in [1.807, 2.05) is 28.3 Å². The maximum atomic E-state index is 12.5. The highest BCUT2D eigenvalue weighted by atomic mass is 32.2.